The zero-order chi connectivity index (χ0) is 18.4. The van der Waals surface area contributed by atoms with E-state index in [1.165, 1.54) is 16.9 Å². The molecule has 0 bridgehead atoms. The minimum absolute atomic E-state index is 0.0229. The fraction of sp³-hybridized carbons (Fsp3) is 0.444. The number of hydrogen-bond donors (Lipinski definition) is 2. The minimum atomic E-state index is -0.592. The Morgan fingerprint density at radius 1 is 1.16 bits per heavy atom. The molecule has 1 aromatic heterocycles. The number of nitrogens with one attached hydrogen (secondary N) is 2. The molecule has 2 rings (SSSR count). The molecule has 0 aliphatic heterocycles. The molecule has 1 aromatic carbocycles. The van der Waals surface area contributed by atoms with E-state index in [4.69, 9.17) is 0 Å². The third kappa shape index (κ3) is 5.35. The molecule has 0 saturated heterocycles. The summed E-state index contributed by atoms with van der Waals surface area (Å²) >= 11 is 1.31. The van der Waals surface area contributed by atoms with Crippen molar-refractivity contribution in [1.82, 2.24) is 15.5 Å². The highest BCUT2D eigenvalue weighted by Gasteiger charge is 2.25. The standard InChI is InChI=1S/C18H24N4O2S/c1-5-6-14(23)19-15(11(2)3)16(24)20-18-22-21-17(25-18)13-9-7-12(4)8-10-13/h7-11,15H,5-6H2,1-4H3,(H,19,23)(H,20,22,24). The fourth-order valence-electron chi connectivity index (χ4n) is 2.28. The van der Waals surface area contributed by atoms with E-state index in [2.05, 4.69) is 20.8 Å². The molecule has 2 N–H and O–H groups in total. The van der Waals surface area contributed by atoms with E-state index in [0.29, 0.717) is 11.6 Å². The Labute approximate surface area is 152 Å². The number of carbonyl (C=O) groups excluding carboxylic acids is 2. The number of carbonyl (C=O) groups is 2. The second-order valence-electron chi connectivity index (χ2n) is 6.31. The highest BCUT2D eigenvalue weighted by Crippen LogP contribution is 2.26. The van der Waals surface area contributed by atoms with Crippen LogP contribution in [-0.4, -0.2) is 28.1 Å². The molecule has 0 spiro atoms. The average Bonchev–Trinajstić information content (AvgIpc) is 3.01. The van der Waals surface area contributed by atoms with Crippen LogP contribution in [0.4, 0.5) is 5.13 Å². The van der Waals surface area contributed by atoms with Crippen LogP contribution in [0.3, 0.4) is 0 Å². The number of aryl methyl sites for hydroxylation is 1. The van der Waals surface area contributed by atoms with Crippen LogP contribution in [0, 0.1) is 12.8 Å². The van der Waals surface area contributed by atoms with Crippen LogP contribution < -0.4 is 10.6 Å². The van der Waals surface area contributed by atoms with Crippen LogP contribution in [0.5, 0.6) is 0 Å². The molecule has 2 aromatic rings. The molecular weight excluding hydrogens is 336 g/mol. The highest BCUT2D eigenvalue weighted by atomic mass is 32.1. The van der Waals surface area contributed by atoms with Gasteiger partial charge in [0, 0.05) is 12.0 Å². The van der Waals surface area contributed by atoms with Gasteiger partial charge in [0.2, 0.25) is 16.9 Å². The van der Waals surface area contributed by atoms with E-state index in [1.54, 1.807) is 0 Å². The molecule has 0 radical (unpaired) electrons. The first kappa shape index (κ1) is 19.1. The molecule has 2 amide bonds. The van der Waals surface area contributed by atoms with Gasteiger partial charge in [0.25, 0.3) is 0 Å². The summed E-state index contributed by atoms with van der Waals surface area (Å²) in [6.45, 7) is 7.74. The van der Waals surface area contributed by atoms with Crippen molar-refractivity contribution in [3.8, 4) is 10.6 Å². The van der Waals surface area contributed by atoms with Gasteiger partial charge in [-0.3, -0.25) is 14.9 Å². The Bertz CT molecular complexity index is 725. The first-order chi connectivity index (χ1) is 11.9. The lowest BCUT2D eigenvalue weighted by atomic mass is 10.0. The van der Waals surface area contributed by atoms with Crippen molar-refractivity contribution in [2.24, 2.45) is 5.92 Å². The summed E-state index contributed by atoms with van der Waals surface area (Å²) in [6.07, 6.45) is 1.15. The van der Waals surface area contributed by atoms with Crippen LogP contribution in [0.25, 0.3) is 10.6 Å². The van der Waals surface area contributed by atoms with Crippen molar-refractivity contribution < 1.29 is 9.59 Å². The first-order valence-electron chi connectivity index (χ1n) is 8.41. The van der Waals surface area contributed by atoms with Crippen molar-refractivity contribution in [2.45, 2.75) is 46.6 Å². The summed E-state index contributed by atoms with van der Waals surface area (Å²) in [4.78, 5) is 24.3. The lowest BCUT2D eigenvalue weighted by Crippen LogP contribution is -2.47. The Balaban J connectivity index is 2.06. The van der Waals surface area contributed by atoms with Gasteiger partial charge >= 0.3 is 0 Å². The molecule has 0 fully saturated rings. The summed E-state index contributed by atoms with van der Waals surface area (Å²) in [5, 5.41) is 14.9. The number of anilines is 1. The monoisotopic (exact) mass is 360 g/mol. The molecule has 0 aliphatic rings. The Hall–Kier alpha value is -2.28. The van der Waals surface area contributed by atoms with Crippen molar-refractivity contribution in [1.29, 1.82) is 0 Å². The van der Waals surface area contributed by atoms with Gasteiger partial charge in [0.1, 0.15) is 11.0 Å². The number of aromatic nitrogens is 2. The van der Waals surface area contributed by atoms with Crippen molar-refractivity contribution in [2.75, 3.05) is 5.32 Å². The molecule has 6 nitrogen and oxygen atoms in total. The molecule has 1 heterocycles. The second kappa shape index (κ2) is 8.71. The molecule has 25 heavy (non-hydrogen) atoms. The van der Waals surface area contributed by atoms with E-state index >= 15 is 0 Å². The van der Waals surface area contributed by atoms with Crippen LogP contribution in [-0.2, 0) is 9.59 Å². The SMILES string of the molecule is CCCC(=O)NC(C(=O)Nc1nnc(-c2ccc(C)cc2)s1)C(C)C. The summed E-state index contributed by atoms with van der Waals surface area (Å²) < 4.78 is 0. The smallest absolute Gasteiger partial charge is 0.249 e. The Morgan fingerprint density at radius 2 is 1.84 bits per heavy atom. The molecule has 0 aliphatic carbocycles. The van der Waals surface area contributed by atoms with Crippen molar-refractivity contribution in [3.05, 3.63) is 29.8 Å². The van der Waals surface area contributed by atoms with Crippen LogP contribution in [0.1, 0.15) is 39.2 Å². The highest BCUT2D eigenvalue weighted by molar-refractivity contribution is 7.18. The number of rotatable bonds is 7. The van der Waals surface area contributed by atoms with Gasteiger partial charge in [-0.1, -0.05) is 61.9 Å². The third-order valence-corrected chi connectivity index (χ3v) is 4.58. The molecule has 1 unspecified atom stereocenters. The quantitative estimate of drug-likeness (QED) is 0.793. The predicted molar refractivity (Wildman–Crippen MR) is 100 cm³/mol. The van der Waals surface area contributed by atoms with Gasteiger partial charge in [0.15, 0.2) is 0 Å². The van der Waals surface area contributed by atoms with Gasteiger partial charge in [-0.15, -0.1) is 10.2 Å². The number of nitrogens with zero attached hydrogens (tertiary/aromatic N) is 2. The lowest BCUT2D eigenvalue weighted by molar-refractivity contribution is -0.127. The number of amides is 2. The normalized spacial score (nSPS) is 12.0. The molecule has 134 valence electrons. The minimum Gasteiger partial charge on any atom is -0.344 e. The zero-order valence-corrected chi connectivity index (χ0v) is 15.8. The summed E-state index contributed by atoms with van der Waals surface area (Å²) in [7, 11) is 0. The topological polar surface area (TPSA) is 84.0 Å². The largest absolute Gasteiger partial charge is 0.344 e. The van der Waals surface area contributed by atoms with E-state index in [9.17, 15) is 9.59 Å². The number of hydrogen-bond acceptors (Lipinski definition) is 5. The number of benzene rings is 1. The zero-order valence-electron chi connectivity index (χ0n) is 15.0. The Kier molecular flexibility index (Phi) is 6.64. The maximum Gasteiger partial charge on any atom is 0.249 e. The van der Waals surface area contributed by atoms with E-state index < -0.39 is 6.04 Å². The van der Waals surface area contributed by atoms with E-state index in [0.717, 1.165) is 17.0 Å². The lowest BCUT2D eigenvalue weighted by Gasteiger charge is -2.20. The van der Waals surface area contributed by atoms with E-state index in [1.807, 2.05) is 52.0 Å². The van der Waals surface area contributed by atoms with Crippen LogP contribution in [0.2, 0.25) is 0 Å². The summed E-state index contributed by atoms with van der Waals surface area (Å²) in [5.74, 6) is -0.412. The summed E-state index contributed by atoms with van der Waals surface area (Å²) in [5.41, 5.74) is 2.13. The average molecular weight is 360 g/mol. The third-order valence-electron chi connectivity index (χ3n) is 3.70. The molecular formula is C18H24N4O2S. The molecule has 0 saturated carbocycles. The second-order valence-corrected chi connectivity index (χ2v) is 7.28. The maximum atomic E-state index is 12.5. The van der Waals surface area contributed by atoms with Gasteiger partial charge in [0.05, 0.1) is 0 Å². The van der Waals surface area contributed by atoms with Gasteiger partial charge in [-0.2, -0.15) is 0 Å². The van der Waals surface area contributed by atoms with Crippen LogP contribution in [0.15, 0.2) is 24.3 Å². The maximum absolute atomic E-state index is 12.5. The Morgan fingerprint density at radius 3 is 2.44 bits per heavy atom. The fourth-order valence-corrected chi connectivity index (χ4v) is 3.03. The predicted octanol–water partition coefficient (Wildman–Crippen LogP) is 3.39. The molecule has 1 atom stereocenters. The van der Waals surface area contributed by atoms with Crippen molar-refractivity contribution >= 4 is 28.3 Å². The van der Waals surface area contributed by atoms with E-state index in [-0.39, 0.29) is 17.7 Å². The van der Waals surface area contributed by atoms with Gasteiger partial charge in [-0.25, -0.2) is 0 Å². The molecule has 7 heteroatoms. The van der Waals surface area contributed by atoms with Crippen LogP contribution >= 0.6 is 11.3 Å². The van der Waals surface area contributed by atoms with Gasteiger partial charge < -0.3 is 5.32 Å². The first-order valence-corrected chi connectivity index (χ1v) is 9.23. The van der Waals surface area contributed by atoms with Crippen molar-refractivity contribution in [3.63, 3.8) is 0 Å². The van der Waals surface area contributed by atoms with Gasteiger partial charge in [-0.05, 0) is 19.3 Å². The summed E-state index contributed by atoms with van der Waals surface area (Å²) in [6, 6.07) is 7.37.